The van der Waals surface area contributed by atoms with Gasteiger partial charge in [0, 0.05) is 31.5 Å². The van der Waals surface area contributed by atoms with E-state index in [9.17, 15) is 18.5 Å². The van der Waals surface area contributed by atoms with Crippen LogP contribution in [0.3, 0.4) is 0 Å². The first-order valence-corrected chi connectivity index (χ1v) is 7.86. The molecule has 118 valence electrons. The second-order valence-electron chi connectivity index (χ2n) is 4.37. The van der Waals surface area contributed by atoms with E-state index < -0.39 is 26.7 Å². The molecule has 1 atom stereocenters. The predicted octanol–water partition coefficient (Wildman–Crippen LogP) is 1.34. The van der Waals surface area contributed by atoms with Crippen LogP contribution in [0.2, 0.25) is 0 Å². The molecule has 0 fully saturated rings. The number of nitrogens with zero attached hydrogens (tertiary/aromatic N) is 1. The lowest BCUT2D eigenvalue weighted by Gasteiger charge is -2.14. The van der Waals surface area contributed by atoms with Crippen molar-refractivity contribution in [1.29, 1.82) is 0 Å². The average molecular weight is 317 g/mol. The van der Waals surface area contributed by atoms with Crippen LogP contribution in [-0.2, 0) is 14.8 Å². The maximum Gasteiger partial charge on any atom is 0.291 e. The van der Waals surface area contributed by atoms with Crippen LogP contribution in [0.1, 0.15) is 13.8 Å². The van der Waals surface area contributed by atoms with Crippen LogP contribution >= 0.6 is 0 Å². The Kier molecular flexibility index (Phi) is 6.06. The Labute approximate surface area is 123 Å². The van der Waals surface area contributed by atoms with Gasteiger partial charge in [0.1, 0.15) is 0 Å². The van der Waals surface area contributed by atoms with Gasteiger partial charge in [0.25, 0.3) is 5.69 Å². The van der Waals surface area contributed by atoms with E-state index >= 15 is 0 Å². The topological polar surface area (TPSA) is 111 Å². The Hall–Kier alpha value is -1.71. The molecule has 0 aromatic heterocycles. The third-order valence-electron chi connectivity index (χ3n) is 2.66. The number of nitrogens with one attached hydrogen (secondary N) is 2. The molecule has 8 nitrogen and oxygen atoms in total. The summed E-state index contributed by atoms with van der Waals surface area (Å²) in [6, 6.07) is 3.37. The Morgan fingerprint density at radius 2 is 2.10 bits per heavy atom. The van der Waals surface area contributed by atoms with Crippen molar-refractivity contribution in [2.75, 3.05) is 25.6 Å². The van der Waals surface area contributed by atoms with Crippen molar-refractivity contribution in [3.05, 3.63) is 28.3 Å². The molecule has 0 bridgehead atoms. The quantitative estimate of drug-likeness (QED) is 0.553. The number of nitro benzene ring substituents is 1. The molecule has 0 aliphatic heterocycles. The highest BCUT2D eigenvalue weighted by Crippen LogP contribution is 2.27. The molecule has 0 saturated heterocycles. The van der Waals surface area contributed by atoms with Gasteiger partial charge in [0.05, 0.1) is 11.5 Å². The number of anilines is 1. The summed E-state index contributed by atoms with van der Waals surface area (Å²) in [4.78, 5) is 9.97. The van der Waals surface area contributed by atoms with Gasteiger partial charge in [-0.1, -0.05) is 0 Å². The first-order chi connectivity index (χ1) is 9.81. The maximum absolute atomic E-state index is 12.2. The lowest BCUT2D eigenvalue weighted by molar-refractivity contribution is -0.387. The number of hydrogen-bond donors (Lipinski definition) is 2. The molecule has 1 unspecified atom stereocenters. The zero-order valence-electron chi connectivity index (χ0n) is 12.1. The van der Waals surface area contributed by atoms with Gasteiger partial charge in [0.15, 0.2) is 4.90 Å². The van der Waals surface area contributed by atoms with E-state index in [1.54, 1.807) is 20.9 Å². The predicted molar refractivity (Wildman–Crippen MR) is 78.9 cm³/mol. The highest BCUT2D eigenvalue weighted by molar-refractivity contribution is 7.89. The monoisotopic (exact) mass is 317 g/mol. The Morgan fingerprint density at radius 1 is 1.43 bits per heavy atom. The minimum absolute atomic E-state index is 0.193. The third-order valence-corrected chi connectivity index (χ3v) is 4.30. The molecule has 0 aliphatic carbocycles. The molecule has 0 amide bonds. The fourth-order valence-corrected chi connectivity index (χ4v) is 3.08. The SMILES string of the molecule is CCOCC(C)NS(=O)(=O)c1ccc(NC)cc1[N+](=O)[O-]. The van der Waals surface area contributed by atoms with Crippen molar-refractivity contribution in [2.45, 2.75) is 24.8 Å². The van der Waals surface area contributed by atoms with E-state index in [4.69, 9.17) is 4.74 Å². The van der Waals surface area contributed by atoms with E-state index in [1.165, 1.54) is 18.2 Å². The Bertz CT molecular complexity index is 603. The van der Waals surface area contributed by atoms with Gasteiger partial charge in [-0.15, -0.1) is 0 Å². The standard InChI is InChI=1S/C12H19N3O5S/c1-4-20-8-9(2)14-21(18,19)12-6-5-10(13-3)7-11(12)15(16)17/h5-7,9,13-14H,4,8H2,1-3H3. The molecule has 1 rings (SSSR count). The van der Waals surface area contributed by atoms with Crippen LogP contribution in [-0.4, -0.2) is 39.6 Å². The number of benzene rings is 1. The van der Waals surface area contributed by atoms with Crippen molar-refractivity contribution >= 4 is 21.4 Å². The molecule has 0 heterocycles. The molecule has 1 aromatic carbocycles. The summed E-state index contributed by atoms with van der Waals surface area (Å²) in [5, 5.41) is 13.8. The summed E-state index contributed by atoms with van der Waals surface area (Å²) in [5.74, 6) is 0. The smallest absolute Gasteiger partial charge is 0.291 e. The molecular formula is C12H19N3O5S. The van der Waals surface area contributed by atoms with Crippen LogP contribution in [0.4, 0.5) is 11.4 Å². The first-order valence-electron chi connectivity index (χ1n) is 6.38. The minimum Gasteiger partial charge on any atom is -0.388 e. The summed E-state index contributed by atoms with van der Waals surface area (Å²) in [6.45, 7) is 4.07. The van der Waals surface area contributed by atoms with Crippen molar-refractivity contribution in [3.63, 3.8) is 0 Å². The Morgan fingerprint density at radius 3 is 2.62 bits per heavy atom. The van der Waals surface area contributed by atoms with Gasteiger partial charge in [-0.2, -0.15) is 0 Å². The summed E-state index contributed by atoms with van der Waals surface area (Å²) < 4.78 is 32.0. The van der Waals surface area contributed by atoms with Crippen LogP contribution in [0.25, 0.3) is 0 Å². The number of nitro groups is 1. The molecule has 2 N–H and O–H groups in total. The van der Waals surface area contributed by atoms with Crippen LogP contribution < -0.4 is 10.0 Å². The number of hydrogen-bond acceptors (Lipinski definition) is 6. The summed E-state index contributed by atoms with van der Waals surface area (Å²) >= 11 is 0. The zero-order chi connectivity index (χ0) is 16.0. The van der Waals surface area contributed by atoms with Gasteiger partial charge < -0.3 is 10.1 Å². The molecule has 0 spiro atoms. The molecule has 9 heteroatoms. The maximum atomic E-state index is 12.2. The van der Waals surface area contributed by atoms with E-state index in [-0.39, 0.29) is 11.5 Å². The van der Waals surface area contributed by atoms with Crippen molar-refractivity contribution < 1.29 is 18.1 Å². The largest absolute Gasteiger partial charge is 0.388 e. The summed E-state index contributed by atoms with van der Waals surface area (Å²) in [5.41, 5.74) is -0.0130. The zero-order valence-corrected chi connectivity index (χ0v) is 12.9. The van der Waals surface area contributed by atoms with Crippen LogP contribution in [0, 0.1) is 10.1 Å². The molecule has 0 radical (unpaired) electrons. The minimum atomic E-state index is -3.99. The third kappa shape index (κ3) is 4.66. The fraction of sp³-hybridized carbons (Fsp3) is 0.500. The van der Waals surface area contributed by atoms with Crippen LogP contribution in [0.5, 0.6) is 0 Å². The molecule has 21 heavy (non-hydrogen) atoms. The van der Waals surface area contributed by atoms with Gasteiger partial charge in [0.2, 0.25) is 10.0 Å². The summed E-state index contributed by atoms with van der Waals surface area (Å²) in [7, 11) is -2.40. The molecule has 1 aromatic rings. The average Bonchev–Trinajstić information content (AvgIpc) is 2.43. The lowest BCUT2D eigenvalue weighted by atomic mass is 10.3. The fourth-order valence-electron chi connectivity index (χ4n) is 1.70. The van der Waals surface area contributed by atoms with Crippen molar-refractivity contribution in [1.82, 2.24) is 4.72 Å². The molecule has 0 saturated carbocycles. The summed E-state index contributed by atoms with van der Waals surface area (Å²) in [6.07, 6.45) is 0. The van der Waals surface area contributed by atoms with Gasteiger partial charge in [-0.25, -0.2) is 13.1 Å². The van der Waals surface area contributed by atoms with E-state index in [2.05, 4.69) is 10.0 Å². The number of sulfonamides is 1. The highest BCUT2D eigenvalue weighted by Gasteiger charge is 2.27. The lowest BCUT2D eigenvalue weighted by Crippen LogP contribution is -2.36. The highest BCUT2D eigenvalue weighted by atomic mass is 32.2. The van der Waals surface area contributed by atoms with Gasteiger partial charge in [-0.05, 0) is 26.0 Å². The number of ether oxygens (including phenoxy) is 1. The van der Waals surface area contributed by atoms with E-state index in [0.29, 0.717) is 12.3 Å². The Balaban J connectivity index is 3.10. The second-order valence-corrected chi connectivity index (χ2v) is 6.05. The second kappa shape index (κ2) is 7.34. The number of rotatable bonds is 8. The van der Waals surface area contributed by atoms with Gasteiger partial charge >= 0.3 is 0 Å². The van der Waals surface area contributed by atoms with Crippen molar-refractivity contribution in [3.8, 4) is 0 Å². The van der Waals surface area contributed by atoms with E-state index in [1.807, 2.05) is 0 Å². The molecular weight excluding hydrogens is 298 g/mol. The van der Waals surface area contributed by atoms with Crippen molar-refractivity contribution in [2.24, 2.45) is 0 Å². The van der Waals surface area contributed by atoms with E-state index in [0.717, 1.165) is 0 Å². The molecule has 0 aliphatic rings. The first kappa shape index (κ1) is 17.3. The van der Waals surface area contributed by atoms with Gasteiger partial charge in [-0.3, -0.25) is 10.1 Å². The van der Waals surface area contributed by atoms with Crippen LogP contribution in [0.15, 0.2) is 23.1 Å². The normalized spacial score (nSPS) is 12.9.